The molecule has 2 aromatic carbocycles. The molecule has 0 radical (unpaired) electrons. The van der Waals surface area contributed by atoms with Crippen LogP contribution in [0.2, 0.25) is 0 Å². The largest absolute Gasteiger partial charge is 0.478 e. The second-order valence-electron chi connectivity index (χ2n) is 6.86. The summed E-state index contributed by atoms with van der Waals surface area (Å²) >= 11 is 0. The molecule has 0 atom stereocenters. The third-order valence-corrected chi connectivity index (χ3v) is 4.41. The summed E-state index contributed by atoms with van der Waals surface area (Å²) in [5.41, 5.74) is 4.76. The Morgan fingerprint density at radius 2 is 1.76 bits per heavy atom. The summed E-state index contributed by atoms with van der Waals surface area (Å²) in [6.45, 7) is 5.33. The maximum atomic E-state index is 10.9. The van der Waals surface area contributed by atoms with Crippen molar-refractivity contribution in [2.75, 3.05) is 0 Å². The van der Waals surface area contributed by atoms with Crippen LogP contribution in [0.25, 0.3) is 0 Å². The zero-order valence-corrected chi connectivity index (χ0v) is 14.7. The first-order valence-electron chi connectivity index (χ1n) is 8.74. The minimum absolute atomic E-state index is 0.278. The van der Waals surface area contributed by atoms with Crippen LogP contribution in [-0.2, 0) is 6.54 Å². The van der Waals surface area contributed by atoms with E-state index in [9.17, 15) is 4.79 Å². The highest BCUT2D eigenvalue weighted by molar-refractivity contribution is 5.87. The molecular weight excluding hydrogens is 310 g/mol. The number of hydrogen-bond donors (Lipinski definition) is 2. The van der Waals surface area contributed by atoms with Crippen LogP contribution >= 0.6 is 0 Å². The molecule has 0 bridgehead atoms. The van der Waals surface area contributed by atoms with Crippen LogP contribution in [-0.4, -0.2) is 17.1 Å². The summed E-state index contributed by atoms with van der Waals surface area (Å²) in [4.78, 5) is 10.9. The maximum absolute atomic E-state index is 10.9. The van der Waals surface area contributed by atoms with Gasteiger partial charge in [0.15, 0.2) is 0 Å². The van der Waals surface area contributed by atoms with Gasteiger partial charge in [0.05, 0.1) is 5.56 Å². The summed E-state index contributed by atoms with van der Waals surface area (Å²) in [7, 11) is 0. The predicted molar refractivity (Wildman–Crippen MR) is 99.8 cm³/mol. The average Bonchev–Trinajstić information content (AvgIpc) is 3.43. The average molecular weight is 333 g/mol. The summed E-state index contributed by atoms with van der Waals surface area (Å²) in [5, 5.41) is 12.5. The Kier molecular flexibility index (Phi) is 5.21. The predicted octanol–water partition coefficient (Wildman–Crippen LogP) is 4.16. The molecule has 1 saturated carbocycles. The summed E-state index contributed by atoms with van der Waals surface area (Å²) in [6.07, 6.45) is 2.59. The number of aromatic carboxylic acids is 1. The molecule has 0 amide bonds. The van der Waals surface area contributed by atoms with Crippen LogP contribution in [0, 0.1) is 11.8 Å². The molecule has 3 nitrogen and oxygen atoms in total. The normalized spacial score (nSPS) is 13.4. The van der Waals surface area contributed by atoms with Gasteiger partial charge in [0.1, 0.15) is 0 Å². The summed E-state index contributed by atoms with van der Waals surface area (Å²) < 4.78 is 0. The fourth-order valence-corrected chi connectivity index (χ4v) is 2.75. The monoisotopic (exact) mass is 333 g/mol. The molecule has 3 rings (SSSR count). The van der Waals surface area contributed by atoms with E-state index >= 15 is 0 Å². The third kappa shape index (κ3) is 4.71. The highest BCUT2D eigenvalue weighted by Crippen LogP contribution is 2.24. The lowest BCUT2D eigenvalue weighted by Gasteiger charge is -2.14. The van der Waals surface area contributed by atoms with E-state index in [0.29, 0.717) is 12.0 Å². The van der Waals surface area contributed by atoms with Gasteiger partial charge >= 0.3 is 5.97 Å². The molecule has 0 unspecified atom stereocenters. The minimum atomic E-state index is -0.920. The molecule has 2 aromatic rings. The van der Waals surface area contributed by atoms with Crippen molar-refractivity contribution in [2.24, 2.45) is 0 Å². The molecule has 3 heteroatoms. The van der Waals surface area contributed by atoms with Crippen molar-refractivity contribution in [1.82, 2.24) is 5.32 Å². The molecule has 0 saturated heterocycles. The molecule has 1 fully saturated rings. The van der Waals surface area contributed by atoms with Crippen molar-refractivity contribution in [3.8, 4) is 11.8 Å². The number of carboxylic acids is 1. The third-order valence-electron chi connectivity index (χ3n) is 4.41. The van der Waals surface area contributed by atoms with E-state index in [4.69, 9.17) is 5.11 Å². The highest BCUT2D eigenvalue weighted by atomic mass is 16.4. The van der Waals surface area contributed by atoms with E-state index in [1.165, 1.54) is 24.0 Å². The first-order valence-corrected chi connectivity index (χ1v) is 8.74. The number of nitrogens with one attached hydrogen (secondary N) is 1. The Labute approximate surface area is 149 Å². The van der Waals surface area contributed by atoms with Crippen molar-refractivity contribution in [3.63, 3.8) is 0 Å². The van der Waals surface area contributed by atoms with Gasteiger partial charge < -0.3 is 10.4 Å². The molecule has 1 aliphatic rings. The fourth-order valence-electron chi connectivity index (χ4n) is 2.75. The Morgan fingerprint density at radius 3 is 2.36 bits per heavy atom. The Bertz CT molecular complexity index is 821. The lowest BCUT2D eigenvalue weighted by Crippen LogP contribution is -2.16. The van der Waals surface area contributed by atoms with Crippen LogP contribution in [0.15, 0.2) is 42.5 Å². The maximum Gasteiger partial charge on any atom is 0.335 e. The van der Waals surface area contributed by atoms with E-state index in [1.807, 2.05) is 0 Å². The Hall–Kier alpha value is -2.57. The molecule has 2 N–H and O–H groups in total. The topological polar surface area (TPSA) is 49.3 Å². The van der Waals surface area contributed by atoms with Gasteiger partial charge in [-0.2, -0.15) is 0 Å². The van der Waals surface area contributed by atoms with Crippen LogP contribution in [0.4, 0.5) is 0 Å². The quantitative estimate of drug-likeness (QED) is 0.808. The molecule has 25 heavy (non-hydrogen) atoms. The van der Waals surface area contributed by atoms with Gasteiger partial charge in [-0.15, -0.1) is 0 Å². The van der Waals surface area contributed by atoms with Crippen molar-refractivity contribution >= 4 is 5.97 Å². The van der Waals surface area contributed by atoms with Gasteiger partial charge in [-0.1, -0.05) is 31.8 Å². The first kappa shape index (κ1) is 17.3. The van der Waals surface area contributed by atoms with Crippen LogP contribution in [0.5, 0.6) is 0 Å². The van der Waals surface area contributed by atoms with Crippen molar-refractivity contribution in [3.05, 3.63) is 70.3 Å². The number of benzene rings is 2. The standard InChI is InChI=1S/C22H23NO2/c1-15(2)21-13-17(7-10-19(21)14-23-20-11-12-20)4-3-16-5-8-18(9-6-16)22(24)25/h5-10,13,15,20,23H,11-12,14H2,1-2H3,(H,24,25). The van der Waals surface area contributed by atoms with Gasteiger partial charge in [0, 0.05) is 23.7 Å². The van der Waals surface area contributed by atoms with Gasteiger partial charge in [-0.25, -0.2) is 4.79 Å². The van der Waals surface area contributed by atoms with Gasteiger partial charge in [0.25, 0.3) is 0 Å². The molecule has 0 spiro atoms. The zero-order chi connectivity index (χ0) is 17.8. The van der Waals surface area contributed by atoms with Crippen LogP contribution in [0.1, 0.15) is 65.2 Å². The Morgan fingerprint density at radius 1 is 1.12 bits per heavy atom. The smallest absolute Gasteiger partial charge is 0.335 e. The van der Waals surface area contributed by atoms with Crippen molar-refractivity contribution in [2.45, 2.75) is 45.2 Å². The molecule has 0 aliphatic heterocycles. The van der Waals surface area contributed by atoms with E-state index < -0.39 is 5.97 Å². The fraction of sp³-hybridized carbons (Fsp3) is 0.318. The van der Waals surface area contributed by atoms with E-state index in [-0.39, 0.29) is 5.56 Å². The van der Waals surface area contributed by atoms with Crippen molar-refractivity contribution < 1.29 is 9.90 Å². The zero-order valence-electron chi connectivity index (χ0n) is 14.7. The van der Waals surface area contributed by atoms with E-state index in [0.717, 1.165) is 17.7 Å². The molecule has 1 aliphatic carbocycles. The Balaban J connectivity index is 1.78. The van der Waals surface area contributed by atoms with Crippen molar-refractivity contribution in [1.29, 1.82) is 0 Å². The summed E-state index contributed by atoms with van der Waals surface area (Å²) in [5.74, 6) is 5.84. The highest BCUT2D eigenvalue weighted by Gasteiger charge is 2.20. The first-order chi connectivity index (χ1) is 12.0. The lowest BCUT2D eigenvalue weighted by molar-refractivity contribution is 0.0697. The van der Waals surface area contributed by atoms with Gasteiger partial charge in [-0.3, -0.25) is 0 Å². The minimum Gasteiger partial charge on any atom is -0.478 e. The molecule has 0 aromatic heterocycles. The van der Waals surface area contributed by atoms with Gasteiger partial charge in [0.2, 0.25) is 0 Å². The lowest BCUT2D eigenvalue weighted by atomic mass is 9.95. The molecule has 128 valence electrons. The number of rotatable bonds is 5. The van der Waals surface area contributed by atoms with Crippen LogP contribution < -0.4 is 5.32 Å². The van der Waals surface area contributed by atoms with Gasteiger partial charge in [-0.05, 0) is 66.3 Å². The van der Waals surface area contributed by atoms with E-state index in [2.05, 4.69) is 49.2 Å². The SMILES string of the molecule is CC(C)c1cc(C#Cc2ccc(C(=O)O)cc2)ccc1CNC1CC1. The molecular formula is C22H23NO2. The summed E-state index contributed by atoms with van der Waals surface area (Å²) in [6, 6.07) is 13.8. The number of carbonyl (C=O) groups is 1. The number of carboxylic acid groups (broad SMARTS) is 1. The second kappa shape index (κ2) is 7.55. The van der Waals surface area contributed by atoms with E-state index in [1.54, 1.807) is 24.3 Å². The molecule has 0 heterocycles. The second-order valence-corrected chi connectivity index (χ2v) is 6.86. The van der Waals surface area contributed by atoms with Crippen LogP contribution in [0.3, 0.4) is 0 Å². The number of hydrogen-bond acceptors (Lipinski definition) is 2.